The second kappa shape index (κ2) is 7.42. The first-order valence-electron chi connectivity index (χ1n) is 3.74. The van der Waals surface area contributed by atoms with E-state index < -0.39 is 4.92 Å². The van der Waals surface area contributed by atoms with Crippen molar-refractivity contribution < 1.29 is 19.3 Å². The van der Waals surface area contributed by atoms with Gasteiger partial charge in [0.25, 0.3) is 6.47 Å². The smallest absolute Gasteiger partial charge is 0.311 e. The van der Waals surface area contributed by atoms with E-state index in [9.17, 15) is 14.9 Å². The first kappa shape index (κ1) is 13.0. The highest BCUT2D eigenvalue weighted by Gasteiger charge is 2.12. The summed E-state index contributed by atoms with van der Waals surface area (Å²) in [5.41, 5.74) is -0.218. The average molecular weight is 214 g/mol. The van der Waals surface area contributed by atoms with Crippen LogP contribution in [0, 0.1) is 10.1 Å². The summed E-state index contributed by atoms with van der Waals surface area (Å²) in [5, 5.41) is 10.3. The number of nitro groups is 1. The molecule has 2 N–H and O–H groups in total. The second-order valence-electron chi connectivity index (χ2n) is 2.17. The number of nitrogens with zero attached hydrogens (tertiary/aromatic N) is 1. The molecule has 0 radical (unpaired) electrons. The Bertz CT molecular complexity index is 329. The van der Waals surface area contributed by atoms with Crippen LogP contribution in [0.3, 0.4) is 0 Å². The zero-order chi connectivity index (χ0) is 11.7. The number of hydrogen-bond acceptors (Lipinski definition) is 6. The second-order valence-corrected chi connectivity index (χ2v) is 2.17. The maximum absolute atomic E-state index is 10.3. The predicted molar refractivity (Wildman–Crippen MR) is 51.0 cm³/mol. The molecular formula is C8H10N2O5. The third-order valence-corrected chi connectivity index (χ3v) is 1.24. The summed E-state index contributed by atoms with van der Waals surface area (Å²) in [6.07, 6.45) is 0. The lowest BCUT2D eigenvalue weighted by molar-refractivity contribution is -0.385. The van der Waals surface area contributed by atoms with Gasteiger partial charge in [-0.2, -0.15) is 0 Å². The van der Waals surface area contributed by atoms with Crippen LogP contribution in [-0.4, -0.2) is 18.5 Å². The fraction of sp³-hybridized carbons (Fsp3) is 0.125. The minimum atomic E-state index is -0.612. The van der Waals surface area contributed by atoms with Gasteiger partial charge in [0.2, 0.25) is 5.75 Å². The standard InChI is InChI=1S/C7H5NO4.CH5NO/c9-5-12-7-4-2-1-3-6(7)8(10)11;1-3-2/h1-5H;2H2,1H3. The number of ether oxygens (including phenoxy) is 1. The molecule has 0 bridgehead atoms. The van der Waals surface area contributed by atoms with Crippen molar-refractivity contribution >= 4 is 12.2 Å². The van der Waals surface area contributed by atoms with Gasteiger partial charge in [-0.1, -0.05) is 12.1 Å². The molecule has 0 spiro atoms. The number of benzene rings is 1. The lowest BCUT2D eigenvalue weighted by atomic mass is 10.3. The van der Waals surface area contributed by atoms with Crippen molar-refractivity contribution in [2.24, 2.45) is 5.90 Å². The third kappa shape index (κ3) is 4.69. The fourth-order valence-electron chi connectivity index (χ4n) is 0.759. The number of para-hydroxylation sites is 2. The van der Waals surface area contributed by atoms with Gasteiger partial charge in [-0.3, -0.25) is 14.9 Å². The molecular weight excluding hydrogens is 204 g/mol. The maximum Gasteiger partial charge on any atom is 0.311 e. The van der Waals surface area contributed by atoms with Crippen molar-refractivity contribution in [2.45, 2.75) is 0 Å². The maximum atomic E-state index is 10.3. The van der Waals surface area contributed by atoms with E-state index in [2.05, 4.69) is 15.5 Å². The highest BCUT2D eigenvalue weighted by atomic mass is 16.6. The number of nitro benzene ring substituents is 1. The molecule has 0 fully saturated rings. The minimum absolute atomic E-state index is 0.0440. The summed E-state index contributed by atoms with van der Waals surface area (Å²) in [5.74, 6) is 4.30. The number of carbonyl (C=O) groups is 1. The first-order chi connectivity index (χ1) is 7.17. The van der Waals surface area contributed by atoms with Gasteiger partial charge in [0.05, 0.1) is 12.0 Å². The van der Waals surface area contributed by atoms with Gasteiger partial charge in [0.15, 0.2) is 0 Å². The van der Waals surface area contributed by atoms with Crippen LogP contribution in [0.2, 0.25) is 0 Å². The van der Waals surface area contributed by atoms with Crippen LogP contribution in [0.4, 0.5) is 5.69 Å². The zero-order valence-electron chi connectivity index (χ0n) is 7.95. The van der Waals surface area contributed by atoms with Crippen LogP contribution in [0.15, 0.2) is 24.3 Å². The van der Waals surface area contributed by atoms with E-state index in [0.29, 0.717) is 0 Å². The largest absolute Gasteiger partial charge is 0.421 e. The molecule has 0 aliphatic carbocycles. The molecule has 0 amide bonds. The van der Waals surface area contributed by atoms with E-state index in [0.717, 1.165) is 0 Å². The van der Waals surface area contributed by atoms with Gasteiger partial charge in [0.1, 0.15) is 0 Å². The van der Waals surface area contributed by atoms with Crippen LogP contribution in [0.5, 0.6) is 5.75 Å². The average Bonchev–Trinajstić information content (AvgIpc) is 2.20. The Morgan fingerprint density at radius 2 is 2.00 bits per heavy atom. The summed E-state index contributed by atoms with van der Waals surface area (Å²) in [6, 6.07) is 5.66. The topological polar surface area (TPSA) is 105 Å². The van der Waals surface area contributed by atoms with Crippen LogP contribution in [-0.2, 0) is 9.63 Å². The quantitative estimate of drug-likeness (QED) is 0.449. The molecule has 0 aliphatic heterocycles. The Balaban J connectivity index is 0.000000583. The predicted octanol–water partition coefficient (Wildman–Crippen LogP) is 0.636. The first-order valence-corrected chi connectivity index (χ1v) is 3.74. The van der Waals surface area contributed by atoms with E-state index >= 15 is 0 Å². The van der Waals surface area contributed by atoms with Crippen molar-refractivity contribution in [1.29, 1.82) is 0 Å². The lowest BCUT2D eigenvalue weighted by Gasteiger charge is -1.97. The SMILES string of the molecule is CON.O=COc1ccccc1[N+](=O)[O-]. The summed E-state index contributed by atoms with van der Waals surface area (Å²) in [7, 11) is 1.40. The van der Waals surface area contributed by atoms with Crippen LogP contribution >= 0.6 is 0 Å². The highest BCUT2D eigenvalue weighted by Crippen LogP contribution is 2.24. The summed E-state index contributed by atoms with van der Waals surface area (Å²) < 4.78 is 4.38. The third-order valence-electron chi connectivity index (χ3n) is 1.24. The fourth-order valence-corrected chi connectivity index (χ4v) is 0.759. The molecule has 1 rings (SSSR count). The van der Waals surface area contributed by atoms with Crippen LogP contribution in [0.1, 0.15) is 0 Å². The molecule has 0 heterocycles. The number of carbonyl (C=O) groups excluding carboxylic acids is 1. The molecule has 0 atom stereocenters. The highest BCUT2D eigenvalue weighted by molar-refractivity contribution is 5.53. The molecule has 0 aromatic heterocycles. The van der Waals surface area contributed by atoms with Crippen molar-refractivity contribution in [2.75, 3.05) is 7.11 Å². The van der Waals surface area contributed by atoms with Crippen molar-refractivity contribution in [3.8, 4) is 5.75 Å². The molecule has 0 saturated carbocycles. The zero-order valence-corrected chi connectivity index (χ0v) is 7.95. The molecule has 1 aromatic rings. The van der Waals surface area contributed by atoms with E-state index in [1.165, 1.54) is 25.3 Å². The molecule has 1 aromatic carbocycles. The summed E-state index contributed by atoms with van der Waals surface area (Å²) in [4.78, 5) is 23.3. The molecule has 7 heteroatoms. The minimum Gasteiger partial charge on any atom is -0.421 e. The van der Waals surface area contributed by atoms with Gasteiger partial charge >= 0.3 is 5.69 Å². The van der Waals surface area contributed by atoms with Crippen LogP contribution < -0.4 is 10.6 Å². The van der Waals surface area contributed by atoms with Gasteiger partial charge in [-0.25, -0.2) is 5.90 Å². The van der Waals surface area contributed by atoms with E-state index in [4.69, 9.17) is 0 Å². The molecule has 15 heavy (non-hydrogen) atoms. The normalized spacial score (nSPS) is 8.40. The lowest BCUT2D eigenvalue weighted by Crippen LogP contribution is -1.94. The van der Waals surface area contributed by atoms with Gasteiger partial charge in [0, 0.05) is 6.07 Å². The van der Waals surface area contributed by atoms with Crippen molar-refractivity contribution in [3.63, 3.8) is 0 Å². The Morgan fingerprint density at radius 1 is 1.47 bits per heavy atom. The Morgan fingerprint density at radius 3 is 2.47 bits per heavy atom. The van der Waals surface area contributed by atoms with E-state index in [-0.39, 0.29) is 17.9 Å². The Hall–Kier alpha value is -1.99. The number of hydrogen-bond donors (Lipinski definition) is 1. The summed E-state index contributed by atoms with van der Waals surface area (Å²) in [6.45, 7) is 0.155. The Labute approximate surface area is 85.5 Å². The van der Waals surface area contributed by atoms with Crippen molar-refractivity contribution in [3.05, 3.63) is 34.4 Å². The molecule has 7 nitrogen and oxygen atoms in total. The summed E-state index contributed by atoms with van der Waals surface area (Å²) >= 11 is 0. The van der Waals surface area contributed by atoms with Crippen molar-refractivity contribution in [1.82, 2.24) is 0 Å². The van der Waals surface area contributed by atoms with Gasteiger partial charge in [-0.15, -0.1) is 0 Å². The van der Waals surface area contributed by atoms with Gasteiger partial charge < -0.3 is 9.57 Å². The number of nitrogens with two attached hydrogens (primary N) is 1. The molecule has 0 unspecified atom stereocenters. The molecule has 82 valence electrons. The molecule has 0 saturated heterocycles. The Kier molecular flexibility index (Phi) is 6.43. The monoisotopic (exact) mass is 214 g/mol. The van der Waals surface area contributed by atoms with E-state index in [1.54, 1.807) is 6.07 Å². The van der Waals surface area contributed by atoms with E-state index in [1.807, 2.05) is 0 Å². The van der Waals surface area contributed by atoms with Crippen LogP contribution in [0.25, 0.3) is 0 Å². The number of rotatable bonds is 3. The molecule has 0 aliphatic rings. The van der Waals surface area contributed by atoms with Gasteiger partial charge in [-0.05, 0) is 6.07 Å².